The molecule has 0 aliphatic carbocycles. The third kappa shape index (κ3) is 3.24. The fourth-order valence-electron chi connectivity index (χ4n) is 1.97. The smallest absolute Gasteiger partial charge is 0.321 e. The van der Waals surface area contributed by atoms with E-state index in [0.29, 0.717) is 10.4 Å². The number of carbonyl (C=O) groups excluding carboxylic acids is 1. The van der Waals surface area contributed by atoms with Crippen LogP contribution in [0.1, 0.15) is 28.7 Å². The van der Waals surface area contributed by atoms with E-state index < -0.39 is 28.5 Å². The van der Waals surface area contributed by atoms with Crippen molar-refractivity contribution in [3.05, 3.63) is 46.2 Å². The van der Waals surface area contributed by atoms with E-state index in [1.807, 2.05) is 19.1 Å². The number of amides is 1. The van der Waals surface area contributed by atoms with Crippen LogP contribution >= 0.6 is 11.6 Å². The molecule has 0 bridgehead atoms. The minimum absolute atomic E-state index is 0.456. The zero-order valence-corrected chi connectivity index (χ0v) is 12.6. The Bertz CT molecular complexity index is 693. The number of benzene rings is 1. The van der Waals surface area contributed by atoms with Crippen molar-refractivity contribution in [3.8, 4) is 0 Å². The van der Waals surface area contributed by atoms with E-state index >= 15 is 0 Å². The number of carbonyl (C=O) groups is 1. The van der Waals surface area contributed by atoms with Gasteiger partial charge in [-0.05, 0) is 24.1 Å². The lowest BCUT2D eigenvalue weighted by Gasteiger charge is -2.06. The van der Waals surface area contributed by atoms with Gasteiger partial charge < -0.3 is 5.32 Å². The van der Waals surface area contributed by atoms with Crippen LogP contribution in [0.4, 0.5) is 18.9 Å². The van der Waals surface area contributed by atoms with Crippen molar-refractivity contribution >= 4 is 23.2 Å². The Hall–Kier alpha value is -2.02. The fraction of sp³-hybridized carbons (Fsp3) is 0.286. The topological polar surface area (TPSA) is 46.9 Å². The van der Waals surface area contributed by atoms with E-state index in [2.05, 4.69) is 10.4 Å². The zero-order chi connectivity index (χ0) is 16.5. The summed E-state index contributed by atoms with van der Waals surface area (Å²) in [6.45, 7) is 1.99. The third-order valence-electron chi connectivity index (χ3n) is 3.09. The summed E-state index contributed by atoms with van der Waals surface area (Å²) < 4.78 is 39.0. The number of nitrogens with one attached hydrogen (secondary N) is 1. The molecule has 22 heavy (non-hydrogen) atoms. The molecule has 1 amide bonds. The highest BCUT2D eigenvalue weighted by Crippen LogP contribution is 2.36. The zero-order valence-electron chi connectivity index (χ0n) is 11.8. The highest BCUT2D eigenvalue weighted by atomic mass is 35.5. The second-order valence-corrected chi connectivity index (χ2v) is 5.02. The van der Waals surface area contributed by atoms with Crippen LogP contribution in [0.15, 0.2) is 24.3 Å². The molecule has 0 saturated heterocycles. The lowest BCUT2D eigenvalue weighted by molar-refractivity contribution is -0.143. The Balaban J connectivity index is 2.26. The first-order valence-corrected chi connectivity index (χ1v) is 6.81. The van der Waals surface area contributed by atoms with Gasteiger partial charge in [-0.1, -0.05) is 30.7 Å². The van der Waals surface area contributed by atoms with Crippen LogP contribution in [0.5, 0.6) is 0 Å². The number of aryl methyl sites for hydroxylation is 2. The largest absolute Gasteiger partial charge is 0.434 e. The van der Waals surface area contributed by atoms with Gasteiger partial charge in [-0.25, -0.2) is 0 Å². The minimum Gasteiger partial charge on any atom is -0.321 e. The van der Waals surface area contributed by atoms with Crippen molar-refractivity contribution in [3.63, 3.8) is 0 Å². The summed E-state index contributed by atoms with van der Waals surface area (Å²) in [5.41, 5.74) is -0.0811. The molecule has 0 unspecified atom stereocenters. The number of rotatable bonds is 3. The lowest BCUT2D eigenvalue weighted by Crippen LogP contribution is -2.13. The molecule has 0 aliphatic heterocycles. The Morgan fingerprint density at radius 3 is 2.36 bits per heavy atom. The fourth-order valence-corrected chi connectivity index (χ4v) is 2.32. The number of halogens is 4. The average Bonchev–Trinajstić information content (AvgIpc) is 2.74. The van der Waals surface area contributed by atoms with Crippen LogP contribution in [0.25, 0.3) is 0 Å². The van der Waals surface area contributed by atoms with E-state index in [1.165, 1.54) is 0 Å². The predicted molar refractivity (Wildman–Crippen MR) is 77.0 cm³/mol. The van der Waals surface area contributed by atoms with Crippen LogP contribution in [-0.4, -0.2) is 15.7 Å². The molecular weight excluding hydrogens is 319 g/mol. The van der Waals surface area contributed by atoms with Crippen LogP contribution in [-0.2, 0) is 19.6 Å². The van der Waals surface area contributed by atoms with Gasteiger partial charge in [0.2, 0.25) is 0 Å². The monoisotopic (exact) mass is 331 g/mol. The summed E-state index contributed by atoms with van der Waals surface area (Å²) in [5, 5.41) is 5.32. The normalized spacial score (nSPS) is 11.5. The summed E-state index contributed by atoms with van der Waals surface area (Å²) in [7, 11) is 1.08. The maximum atomic E-state index is 12.8. The van der Waals surface area contributed by atoms with E-state index in [-0.39, 0.29) is 0 Å². The number of aromatic nitrogens is 2. The standard InChI is InChI=1S/C14H13ClF3N3O/c1-3-8-4-6-9(7-5-8)19-13(22)11-10(15)12(14(16,17)18)21(2)20-11/h4-7H,3H2,1-2H3,(H,19,22). The molecule has 0 atom stereocenters. The molecule has 4 nitrogen and oxygen atoms in total. The average molecular weight is 332 g/mol. The molecule has 1 N–H and O–H groups in total. The Morgan fingerprint density at radius 2 is 1.91 bits per heavy atom. The summed E-state index contributed by atoms with van der Waals surface area (Å²) in [4.78, 5) is 12.0. The predicted octanol–water partition coefficient (Wildman–Crippen LogP) is 3.91. The van der Waals surface area contributed by atoms with Crippen molar-refractivity contribution in [2.75, 3.05) is 5.32 Å². The Morgan fingerprint density at radius 1 is 1.32 bits per heavy atom. The van der Waals surface area contributed by atoms with Crippen molar-refractivity contribution in [1.82, 2.24) is 9.78 Å². The first-order chi connectivity index (χ1) is 10.2. The second-order valence-electron chi connectivity index (χ2n) is 4.64. The maximum absolute atomic E-state index is 12.8. The molecule has 0 spiro atoms. The van der Waals surface area contributed by atoms with Gasteiger partial charge in [-0.3, -0.25) is 9.48 Å². The summed E-state index contributed by atoms with van der Waals surface area (Å²) in [6.07, 6.45) is -3.84. The van der Waals surface area contributed by atoms with Gasteiger partial charge in [0.25, 0.3) is 5.91 Å². The number of hydrogen-bond acceptors (Lipinski definition) is 2. The summed E-state index contributed by atoms with van der Waals surface area (Å²) >= 11 is 5.66. The molecule has 118 valence electrons. The van der Waals surface area contributed by atoms with Crippen LogP contribution in [0.2, 0.25) is 5.02 Å². The van der Waals surface area contributed by atoms with Gasteiger partial charge in [0.1, 0.15) is 5.02 Å². The van der Waals surface area contributed by atoms with E-state index in [4.69, 9.17) is 11.6 Å². The van der Waals surface area contributed by atoms with Crippen molar-refractivity contribution in [2.24, 2.45) is 7.05 Å². The van der Waals surface area contributed by atoms with Gasteiger partial charge in [0, 0.05) is 12.7 Å². The van der Waals surface area contributed by atoms with Gasteiger partial charge >= 0.3 is 6.18 Å². The van der Waals surface area contributed by atoms with Crippen LogP contribution in [0.3, 0.4) is 0 Å². The first kappa shape index (κ1) is 16.4. The molecule has 2 aromatic rings. The molecule has 0 aliphatic rings. The molecule has 2 rings (SSSR count). The number of hydrogen-bond donors (Lipinski definition) is 1. The van der Waals surface area contributed by atoms with Crippen molar-refractivity contribution in [1.29, 1.82) is 0 Å². The molecule has 8 heteroatoms. The summed E-state index contributed by atoms with van der Waals surface area (Å²) in [6, 6.07) is 6.96. The molecule has 1 aromatic heterocycles. The van der Waals surface area contributed by atoms with E-state index in [1.54, 1.807) is 12.1 Å². The molecule has 1 heterocycles. The minimum atomic E-state index is -4.68. The lowest BCUT2D eigenvalue weighted by atomic mass is 10.1. The van der Waals surface area contributed by atoms with Gasteiger partial charge in [0.05, 0.1) is 0 Å². The highest BCUT2D eigenvalue weighted by molar-refractivity contribution is 6.34. The summed E-state index contributed by atoms with van der Waals surface area (Å²) in [5.74, 6) is -0.791. The number of anilines is 1. The SMILES string of the molecule is CCc1ccc(NC(=O)c2nn(C)c(C(F)(F)F)c2Cl)cc1. The molecule has 0 saturated carbocycles. The number of alkyl halides is 3. The maximum Gasteiger partial charge on any atom is 0.434 e. The quantitative estimate of drug-likeness (QED) is 0.927. The molecule has 0 fully saturated rings. The number of nitrogens with zero attached hydrogens (tertiary/aromatic N) is 2. The first-order valence-electron chi connectivity index (χ1n) is 6.44. The highest BCUT2D eigenvalue weighted by Gasteiger charge is 2.39. The van der Waals surface area contributed by atoms with Gasteiger partial charge in [-0.2, -0.15) is 18.3 Å². The van der Waals surface area contributed by atoms with Gasteiger partial charge in [-0.15, -0.1) is 0 Å². The van der Waals surface area contributed by atoms with Crippen LogP contribution in [0, 0.1) is 0 Å². The molecular formula is C14H13ClF3N3O. The Kier molecular flexibility index (Phi) is 4.46. The van der Waals surface area contributed by atoms with Crippen molar-refractivity contribution in [2.45, 2.75) is 19.5 Å². The molecule has 1 aromatic carbocycles. The molecule has 0 radical (unpaired) electrons. The van der Waals surface area contributed by atoms with E-state index in [9.17, 15) is 18.0 Å². The Labute approximate surface area is 129 Å². The van der Waals surface area contributed by atoms with Gasteiger partial charge in [0.15, 0.2) is 11.4 Å². The second kappa shape index (κ2) is 6.00. The van der Waals surface area contributed by atoms with Crippen LogP contribution < -0.4 is 5.32 Å². The third-order valence-corrected chi connectivity index (χ3v) is 3.45. The van der Waals surface area contributed by atoms with E-state index in [0.717, 1.165) is 19.0 Å². The van der Waals surface area contributed by atoms with Crippen molar-refractivity contribution < 1.29 is 18.0 Å².